The van der Waals surface area contributed by atoms with Crippen LogP contribution < -0.4 is 4.74 Å². The van der Waals surface area contributed by atoms with E-state index in [1.54, 1.807) is 23.2 Å². The number of aromatic nitrogens is 1. The van der Waals surface area contributed by atoms with E-state index in [-0.39, 0.29) is 25.5 Å². The number of carbonyl (C=O) groups excluding carboxylic acids is 2. The summed E-state index contributed by atoms with van der Waals surface area (Å²) in [7, 11) is 0. The Morgan fingerprint density at radius 2 is 2.03 bits per heavy atom. The van der Waals surface area contributed by atoms with E-state index in [1.165, 1.54) is 18.0 Å². The molecule has 1 aliphatic rings. The largest absolute Gasteiger partial charge is 0.480 e. The number of nitrogens with zero attached hydrogens (tertiary/aromatic N) is 3. The molecule has 35 heavy (non-hydrogen) atoms. The van der Waals surface area contributed by atoms with Gasteiger partial charge in [-0.3, -0.25) is 14.6 Å². The van der Waals surface area contributed by atoms with Gasteiger partial charge in [-0.2, -0.15) is 11.8 Å². The number of ether oxygens (including phenoxy) is 1. The summed E-state index contributed by atoms with van der Waals surface area (Å²) in [5.74, 6) is -0.614. The maximum absolute atomic E-state index is 13.1. The minimum absolute atomic E-state index is 0.00225. The highest BCUT2D eigenvalue weighted by atomic mass is 32.2. The first-order valence-electron chi connectivity index (χ1n) is 11.6. The van der Waals surface area contributed by atoms with Gasteiger partial charge in [-0.1, -0.05) is 30.3 Å². The lowest BCUT2D eigenvalue weighted by molar-refractivity contribution is -0.210. The first-order valence-corrected chi connectivity index (χ1v) is 13.0. The lowest BCUT2D eigenvalue weighted by Gasteiger charge is -2.31. The van der Waals surface area contributed by atoms with Gasteiger partial charge in [0.05, 0.1) is 18.8 Å². The van der Waals surface area contributed by atoms with E-state index in [0.29, 0.717) is 30.9 Å². The van der Waals surface area contributed by atoms with E-state index in [0.717, 1.165) is 17.0 Å². The summed E-state index contributed by atoms with van der Waals surface area (Å²) in [5.41, 5.74) is 0.983. The van der Waals surface area contributed by atoms with E-state index < -0.39 is 24.0 Å². The number of hydrogen-bond acceptors (Lipinski definition) is 7. The van der Waals surface area contributed by atoms with Crippen molar-refractivity contribution in [3.8, 4) is 5.75 Å². The van der Waals surface area contributed by atoms with E-state index in [9.17, 15) is 19.5 Å². The van der Waals surface area contributed by atoms with Crippen molar-refractivity contribution < 1.29 is 29.1 Å². The standard InChI is InChI=1S/C25H31N3O6S/c1-35-16-13-22(24(30)31)28(23(29)12-11-19-7-3-2-4-8-19)33-18-20-9-6-15-27(20)25(32)34-21-10-5-14-26-17-21/h2-5,7-8,10,14,17,20,22H,6,9,11-13,15-16,18H2,1H3,(H,30,31)/t20?,22-/m0/s1. The molecule has 2 amide bonds. The monoisotopic (exact) mass is 501 g/mol. The van der Waals surface area contributed by atoms with Crippen molar-refractivity contribution in [3.05, 3.63) is 60.4 Å². The molecule has 0 bridgehead atoms. The van der Waals surface area contributed by atoms with Crippen LogP contribution in [-0.2, 0) is 20.8 Å². The van der Waals surface area contributed by atoms with Crippen LogP contribution in [0, 0.1) is 0 Å². The topological polar surface area (TPSA) is 109 Å². The molecule has 0 aliphatic carbocycles. The maximum Gasteiger partial charge on any atom is 0.415 e. The van der Waals surface area contributed by atoms with Crippen LogP contribution >= 0.6 is 11.8 Å². The Bertz CT molecular complexity index is 962. The van der Waals surface area contributed by atoms with Gasteiger partial charge in [0.1, 0.15) is 0 Å². The summed E-state index contributed by atoms with van der Waals surface area (Å²) < 4.78 is 5.40. The van der Waals surface area contributed by atoms with Gasteiger partial charge in [-0.25, -0.2) is 14.7 Å². The Labute approximate surface area is 209 Å². The third kappa shape index (κ3) is 7.97. The van der Waals surface area contributed by atoms with Crippen LogP contribution in [0.3, 0.4) is 0 Å². The number of likely N-dealkylation sites (tertiary alicyclic amines) is 1. The second kappa shape index (κ2) is 13.7. The van der Waals surface area contributed by atoms with E-state index in [1.807, 2.05) is 36.6 Å². The molecule has 1 saturated heterocycles. The van der Waals surface area contributed by atoms with Gasteiger partial charge in [0.15, 0.2) is 11.8 Å². The summed E-state index contributed by atoms with van der Waals surface area (Å²) in [5, 5.41) is 10.8. The van der Waals surface area contributed by atoms with Crippen LogP contribution in [0.15, 0.2) is 54.9 Å². The molecule has 1 fully saturated rings. The second-order valence-corrected chi connectivity index (χ2v) is 9.17. The molecular formula is C25H31N3O6S. The molecule has 0 radical (unpaired) electrons. The van der Waals surface area contributed by atoms with Crippen LogP contribution in [0.5, 0.6) is 5.75 Å². The van der Waals surface area contributed by atoms with Crippen molar-refractivity contribution in [2.75, 3.05) is 25.2 Å². The average Bonchev–Trinajstić information content (AvgIpc) is 3.34. The van der Waals surface area contributed by atoms with Crippen molar-refractivity contribution in [2.45, 2.75) is 44.2 Å². The fourth-order valence-corrected chi connectivity index (χ4v) is 4.35. The quantitative estimate of drug-likeness (QED) is 0.439. The number of hydroxylamine groups is 2. The summed E-state index contributed by atoms with van der Waals surface area (Å²) in [6.45, 7) is 0.492. The molecule has 10 heteroatoms. The minimum atomic E-state index is -1.12. The number of carboxylic acid groups (broad SMARTS) is 1. The molecule has 1 unspecified atom stereocenters. The maximum atomic E-state index is 13.1. The first-order chi connectivity index (χ1) is 17.0. The third-order valence-corrected chi connectivity index (χ3v) is 6.38. The number of amides is 2. The van der Waals surface area contributed by atoms with Crippen LogP contribution in [0.1, 0.15) is 31.2 Å². The zero-order valence-electron chi connectivity index (χ0n) is 19.7. The average molecular weight is 502 g/mol. The second-order valence-electron chi connectivity index (χ2n) is 8.18. The molecule has 9 nitrogen and oxygen atoms in total. The Morgan fingerprint density at radius 3 is 2.71 bits per heavy atom. The lowest BCUT2D eigenvalue weighted by atomic mass is 10.1. The third-order valence-electron chi connectivity index (χ3n) is 5.74. The van der Waals surface area contributed by atoms with E-state index >= 15 is 0 Å². The number of thioether (sulfide) groups is 1. The highest BCUT2D eigenvalue weighted by Crippen LogP contribution is 2.22. The van der Waals surface area contributed by atoms with E-state index in [2.05, 4.69) is 4.98 Å². The van der Waals surface area contributed by atoms with Crippen molar-refractivity contribution in [3.63, 3.8) is 0 Å². The molecule has 3 rings (SSSR count). The molecule has 1 aromatic heterocycles. The summed E-state index contributed by atoms with van der Waals surface area (Å²) in [6, 6.07) is 11.4. The predicted molar refractivity (Wildman–Crippen MR) is 132 cm³/mol. The Kier molecular flexibility index (Phi) is 10.4. The number of benzene rings is 1. The number of hydrogen-bond donors (Lipinski definition) is 1. The van der Waals surface area contributed by atoms with Gasteiger partial charge < -0.3 is 14.7 Å². The normalized spacial score (nSPS) is 16.0. The number of carbonyl (C=O) groups is 3. The SMILES string of the molecule is CSCC[C@@H](C(=O)O)N(OCC1CCCN1C(=O)Oc1cccnc1)C(=O)CCc1ccccc1. The molecule has 2 atom stereocenters. The van der Waals surface area contributed by atoms with Gasteiger partial charge >= 0.3 is 12.1 Å². The van der Waals surface area contributed by atoms with E-state index in [4.69, 9.17) is 9.57 Å². The van der Waals surface area contributed by atoms with Crippen LogP contribution in [0.4, 0.5) is 4.79 Å². The van der Waals surface area contributed by atoms with Crippen LogP contribution in [0.25, 0.3) is 0 Å². The highest BCUT2D eigenvalue weighted by Gasteiger charge is 2.35. The smallest absolute Gasteiger partial charge is 0.415 e. The highest BCUT2D eigenvalue weighted by molar-refractivity contribution is 7.98. The Hall–Kier alpha value is -3.11. The summed E-state index contributed by atoms with van der Waals surface area (Å²) in [4.78, 5) is 49.2. The number of aliphatic carboxylic acids is 1. The van der Waals surface area contributed by atoms with Gasteiger partial charge in [-0.15, -0.1) is 0 Å². The zero-order valence-corrected chi connectivity index (χ0v) is 20.6. The van der Waals surface area contributed by atoms with Crippen molar-refractivity contribution >= 4 is 29.7 Å². The van der Waals surface area contributed by atoms with Gasteiger partial charge in [0.25, 0.3) is 0 Å². The molecule has 2 heterocycles. The Balaban J connectivity index is 1.66. The number of aryl methyl sites for hydroxylation is 1. The van der Waals surface area contributed by atoms with Crippen LogP contribution in [0.2, 0.25) is 0 Å². The molecule has 1 N–H and O–H groups in total. The minimum Gasteiger partial charge on any atom is -0.480 e. The molecule has 0 spiro atoms. The van der Waals surface area contributed by atoms with Crippen molar-refractivity contribution in [2.24, 2.45) is 0 Å². The fourth-order valence-electron chi connectivity index (χ4n) is 3.90. The molecule has 188 valence electrons. The fraction of sp³-hybridized carbons (Fsp3) is 0.440. The zero-order chi connectivity index (χ0) is 25.0. The van der Waals surface area contributed by atoms with Gasteiger partial charge in [0.2, 0.25) is 5.91 Å². The predicted octanol–water partition coefficient (Wildman–Crippen LogP) is 3.64. The first kappa shape index (κ1) is 26.5. The molecule has 1 aromatic carbocycles. The molecular weight excluding hydrogens is 470 g/mol. The van der Waals surface area contributed by atoms with Crippen LogP contribution in [-0.4, -0.2) is 75.3 Å². The summed E-state index contributed by atoms with van der Waals surface area (Å²) in [6.07, 6.45) is 6.66. The van der Waals surface area contributed by atoms with Crippen molar-refractivity contribution in [1.82, 2.24) is 14.9 Å². The summed E-state index contributed by atoms with van der Waals surface area (Å²) >= 11 is 1.50. The van der Waals surface area contributed by atoms with Crippen molar-refractivity contribution in [1.29, 1.82) is 0 Å². The van der Waals surface area contributed by atoms with Gasteiger partial charge in [-0.05, 0) is 55.4 Å². The molecule has 0 saturated carbocycles. The van der Waals surface area contributed by atoms with Gasteiger partial charge in [0, 0.05) is 19.2 Å². The number of carboxylic acids is 1. The number of pyridine rings is 1. The molecule has 2 aromatic rings. The number of rotatable bonds is 12. The lowest BCUT2D eigenvalue weighted by Crippen LogP contribution is -2.48. The Morgan fingerprint density at radius 1 is 1.23 bits per heavy atom. The molecule has 1 aliphatic heterocycles.